The van der Waals surface area contributed by atoms with Gasteiger partial charge in [-0.15, -0.1) is 11.3 Å². The minimum atomic E-state index is 0.0967. The van der Waals surface area contributed by atoms with Crippen molar-refractivity contribution in [3.05, 3.63) is 52.0 Å². The topological polar surface area (TPSA) is 40.6 Å². The minimum absolute atomic E-state index is 0.0967. The van der Waals surface area contributed by atoms with E-state index in [0.29, 0.717) is 0 Å². The van der Waals surface area contributed by atoms with Crippen molar-refractivity contribution < 1.29 is 4.74 Å². The van der Waals surface area contributed by atoms with E-state index < -0.39 is 0 Å². The third-order valence-corrected chi connectivity index (χ3v) is 6.79. The van der Waals surface area contributed by atoms with Crippen molar-refractivity contribution in [2.75, 3.05) is 39.4 Å². The summed E-state index contributed by atoms with van der Waals surface area (Å²) in [7, 11) is 0. The second-order valence-corrected chi connectivity index (χ2v) is 8.43. The Morgan fingerprint density at radius 1 is 1.26 bits per heavy atom. The number of rotatable bonds is 6. The van der Waals surface area contributed by atoms with Crippen molar-refractivity contribution in [1.29, 1.82) is 0 Å². The molecule has 0 bridgehead atoms. The lowest BCUT2D eigenvalue weighted by Crippen LogP contribution is -2.38. The first kappa shape index (κ1) is 18.8. The van der Waals surface area contributed by atoms with Gasteiger partial charge >= 0.3 is 0 Å². The van der Waals surface area contributed by atoms with E-state index in [1.54, 1.807) is 0 Å². The molecule has 5 nitrogen and oxygen atoms in total. The number of thiocarbonyl (C=S) groups is 1. The Bertz CT molecular complexity index is 760. The number of aromatic nitrogens is 1. The van der Waals surface area contributed by atoms with Crippen molar-refractivity contribution in [1.82, 2.24) is 20.1 Å². The van der Waals surface area contributed by atoms with Crippen molar-refractivity contribution in [2.45, 2.75) is 25.4 Å². The van der Waals surface area contributed by atoms with Crippen LogP contribution in [0.4, 0.5) is 0 Å². The SMILES string of the molecule is Cc1ccsc1[C@@H]1[C@@H](c2ccccn2)NC(=S)N1CCCN1CCOCC1. The molecular formula is C20H26N4OS2. The van der Waals surface area contributed by atoms with Gasteiger partial charge in [0.25, 0.3) is 0 Å². The van der Waals surface area contributed by atoms with Gasteiger partial charge in [-0.3, -0.25) is 9.88 Å². The molecule has 0 amide bonds. The molecule has 2 aromatic heterocycles. The minimum Gasteiger partial charge on any atom is -0.379 e. The highest BCUT2D eigenvalue weighted by atomic mass is 32.1. The van der Waals surface area contributed by atoms with E-state index >= 15 is 0 Å². The highest BCUT2D eigenvalue weighted by Gasteiger charge is 2.40. The summed E-state index contributed by atoms with van der Waals surface area (Å²) in [6, 6.07) is 8.60. The summed E-state index contributed by atoms with van der Waals surface area (Å²) in [6.45, 7) is 8.00. The molecule has 0 aromatic carbocycles. The smallest absolute Gasteiger partial charge is 0.170 e. The van der Waals surface area contributed by atoms with E-state index in [2.05, 4.69) is 44.5 Å². The zero-order valence-electron chi connectivity index (χ0n) is 15.6. The average Bonchev–Trinajstić information content (AvgIpc) is 3.26. The Balaban J connectivity index is 1.51. The van der Waals surface area contributed by atoms with Gasteiger partial charge in [0.1, 0.15) is 0 Å². The maximum absolute atomic E-state index is 5.74. The molecule has 0 unspecified atom stereocenters. The molecule has 1 N–H and O–H groups in total. The molecule has 2 fully saturated rings. The van der Waals surface area contributed by atoms with Crippen LogP contribution in [0, 0.1) is 6.92 Å². The van der Waals surface area contributed by atoms with Crippen LogP contribution in [-0.4, -0.2) is 59.3 Å². The van der Waals surface area contributed by atoms with E-state index in [1.165, 1.54) is 10.4 Å². The summed E-state index contributed by atoms with van der Waals surface area (Å²) in [6.07, 6.45) is 2.96. The van der Waals surface area contributed by atoms with Gasteiger partial charge in [-0.05, 0) is 54.7 Å². The van der Waals surface area contributed by atoms with Crippen molar-refractivity contribution in [3.63, 3.8) is 0 Å². The maximum atomic E-state index is 5.74. The van der Waals surface area contributed by atoms with Gasteiger partial charge in [-0.2, -0.15) is 0 Å². The fourth-order valence-electron chi connectivity index (χ4n) is 3.91. The molecule has 2 aliphatic heterocycles. The molecule has 4 rings (SSSR count). The van der Waals surface area contributed by atoms with Crippen LogP contribution in [0.2, 0.25) is 0 Å². The first-order chi connectivity index (χ1) is 13.2. The molecule has 4 heterocycles. The molecule has 144 valence electrons. The predicted octanol–water partition coefficient (Wildman–Crippen LogP) is 3.15. The van der Waals surface area contributed by atoms with Gasteiger partial charge in [0.15, 0.2) is 5.11 Å². The Hall–Kier alpha value is -1.54. The number of hydrogen-bond donors (Lipinski definition) is 1. The Kier molecular flexibility index (Phi) is 6.02. The largest absolute Gasteiger partial charge is 0.379 e. The van der Waals surface area contributed by atoms with Gasteiger partial charge in [-0.25, -0.2) is 0 Å². The number of hydrogen-bond acceptors (Lipinski definition) is 5. The van der Waals surface area contributed by atoms with Crippen LogP contribution >= 0.6 is 23.6 Å². The van der Waals surface area contributed by atoms with Gasteiger partial charge < -0.3 is 15.0 Å². The monoisotopic (exact) mass is 402 g/mol. The van der Waals surface area contributed by atoms with E-state index in [1.807, 2.05) is 29.7 Å². The summed E-state index contributed by atoms with van der Waals surface area (Å²) in [4.78, 5) is 10.8. The van der Waals surface area contributed by atoms with Crippen molar-refractivity contribution in [2.24, 2.45) is 0 Å². The normalized spacial score (nSPS) is 23.6. The molecule has 2 aromatic rings. The number of pyridine rings is 1. The second-order valence-electron chi connectivity index (χ2n) is 7.10. The standard InChI is InChI=1S/C20H26N4OS2/c1-15-6-14-27-19(15)18-17(16-5-2-3-7-21-16)22-20(26)24(18)9-4-8-23-10-12-25-13-11-23/h2-3,5-7,14,17-18H,4,8-13H2,1H3,(H,22,26)/t17-,18+/m1/s1. The fourth-order valence-corrected chi connectivity index (χ4v) is 5.31. The lowest BCUT2D eigenvalue weighted by Gasteiger charge is -2.30. The molecule has 2 saturated heterocycles. The van der Waals surface area contributed by atoms with Gasteiger partial charge in [-0.1, -0.05) is 6.07 Å². The number of ether oxygens (including phenoxy) is 1. The molecule has 27 heavy (non-hydrogen) atoms. The van der Waals surface area contributed by atoms with E-state index in [4.69, 9.17) is 17.0 Å². The van der Waals surface area contributed by atoms with Gasteiger partial charge in [0, 0.05) is 37.3 Å². The van der Waals surface area contributed by atoms with Crippen LogP contribution in [0.3, 0.4) is 0 Å². The van der Waals surface area contributed by atoms with E-state index in [9.17, 15) is 0 Å². The summed E-state index contributed by atoms with van der Waals surface area (Å²) in [5.41, 5.74) is 2.38. The maximum Gasteiger partial charge on any atom is 0.170 e. The molecule has 2 atom stereocenters. The molecular weight excluding hydrogens is 376 g/mol. The zero-order valence-corrected chi connectivity index (χ0v) is 17.3. The number of morpholine rings is 1. The molecule has 2 aliphatic rings. The summed E-state index contributed by atoms with van der Waals surface area (Å²) in [5.74, 6) is 0. The van der Waals surface area contributed by atoms with Crippen LogP contribution < -0.4 is 5.32 Å². The predicted molar refractivity (Wildman–Crippen MR) is 113 cm³/mol. The van der Waals surface area contributed by atoms with E-state index in [0.717, 1.165) is 56.6 Å². The zero-order chi connectivity index (χ0) is 18.6. The third kappa shape index (κ3) is 4.16. The average molecular weight is 403 g/mol. The van der Waals surface area contributed by atoms with Crippen LogP contribution in [-0.2, 0) is 4.74 Å². The molecule has 0 aliphatic carbocycles. The fraction of sp³-hybridized carbons (Fsp3) is 0.500. The van der Waals surface area contributed by atoms with Crippen LogP contribution in [0.5, 0.6) is 0 Å². The summed E-state index contributed by atoms with van der Waals surface area (Å²) < 4.78 is 5.45. The van der Waals surface area contributed by atoms with Crippen molar-refractivity contribution >= 4 is 28.7 Å². The third-order valence-electron chi connectivity index (χ3n) is 5.35. The number of nitrogens with one attached hydrogen (secondary N) is 1. The lowest BCUT2D eigenvalue weighted by atomic mass is 10.0. The van der Waals surface area contributed by atoms with Crippen molar-refractivity contribution in [3.8, 4) is 0 Å². The first-order valence-electron chi connectivity index (χ1n) is 9.56. The highest BCUT2D eigenvalue weighted by Crippen LogP contribution is 2.41. The van der Waals surface area contributed by atoms with Gasteiger partial charge in [0.2, 0.25) is 0 Å². The molecule has 0 saturated carbocycles. The first-order valence-corrected chi connectivity index (χ1v) is 10.8. The molecule has 0 spiro atoms. The molecule has 7 heteroatoms. The summed E-state index contributed by atoms with van der Waals surface area (Å²) in [5, 5.41) is 6.55. The lowest BCUT2D eigenvalue weighted by molar-refractivity contribution is 0.0365. The summed E-state index contributed by atoms with van der Waals surface area (Å²) >= 11 is 7.56. The van der Waals surface area contributed by atoms with Crippen LogP contribution in [0.1, 0.15) is 34.6 Å². The van der Waals surface area contributed by atoms with Crippen LogP contribution in [0.25, 0.3) is 0 Å². The van der Waals surface area contributed by atoms with Gasteiger partial charge in [0.05, 0.1) is 31.0 Å². The van der Waals surface area contributed by atoms with Crippen LogP contribution in [0.15, 0.2) is 35.8 Å². The second kappa shape index (κ2) is 8.65. The highest BCUT2D eigenvalue weighted by molar-refractivity contribution is 7.80. The Labute approximate surface area is 170 Å². The number of thiophene rings is 1. The quantitative estimate of drug-likeness (QED) is 0.749. The van der Waals surface area contributed by atoms with E-state index in [-0.39, 0.29) is 12.1 Å². The molecule has 0 radical (unpaired) electrons. The number of nitrogens with zero attached hydrogens (tertiary/aromatic N) is 3. The number of aryl methyl sites for hydroxylation is 1. The Morgan fingerprint density at radius 3 is 2.81 bits per heavy atom. The Morgan fingerprint density at radius 2 is 2.11 bits per heavy atom.